The largest absolute Gasteiger partial charge is 0.320 e. The van der Waals surface area contributed by atoms with Crippen molar-refractivity contribution in [2.75, 3.05) is 13.6 Å². The second-order valence-electron chi connectivity index (χ2n) is 3.79. The van der Waals surface area contributed by atoms with E-state index in [2.05, 4.69) is 20.3 Å². The molecule has 88 valence electrons. The van der Waals surface area contributed by atoms with Gasteiger partial charge in [0, 0.05) is 18.1 Å². The van der Waals surface area contributed by atoms with Gasteiger partial charge in [0.25, 0.3) is 0 Å². The summed E-state index contributed by atoms with van der Waals surface area (Å²) >= 11 is 0. The summed E-state index contributed by atoms with van der Waals surface area (Å²) in [5.74, 6) is 0.701. The van der Waals surface area contributed by atoms with Gasteiger partial charge in [0.2, 0.25) is 0 Å². The molecule has 0 spiro atoms. The van der Waals surface area contributed by atoms with Crippen LogP contribution in [-0.4, -0.2) is 28.5 Å². The van der Waals surface area contributed by atoms with Crippen molar-refractivity contribution >= 4 is 0 Å². The number of aromatic nitrogens is 3. The SMILES string of the molecule is CNCCCc1ccnc(-c2ccccn2)n1. The lowest BCUT2D eigenvalue weighted by Gasteiger charge is -2.03. The minimum absolute atomic E-state index is 0.701. The fraction of sp³-hybridized carbons (Fsp3) is 0.308. The third-order valence-corrected chi connectivity index (χ3v) is 2.47. The maximum atomic E-state index is 4.51. The normalized spacial score (nSPS) is 10.4. The zero-order valence-corrected chi connectivity index (χ0v) is 9.93. The standard InChI is InChI=1S/C13H16N4/c1-14-8-4-5-11-7-10-16-13(17-11)12-6-2-3-9-15-12/h2-3,6-7,9-10,14H,4-5,8H2,1H3. The molecule has 2 heterocycles. The Labute approximate surface area is 101 Å². The molecule has 0 aliphatic rings. The van der Waals surface area contributed by atoms with Crippen LogP contribution in [-0.2, 0) is 6.42 Å². The Morgan fingerprint density at radius 2 is 2.06 bits per heavy atom. The molecule has 1 N–H and O–H groups in total. The summed E-state index contributed by atoms with van der Waals surface area (Å²) in [6.07, 6.45) is 5.59. The monoisotopic (exact) mass is 228 g/mol. The third kappa shape index (κ3) is 3.32. The molecule has 2 aromatic rings. The first-order valence-corrected chi connectivity index (χ1v) is 5.78. The minimum atomic E-state index is 0.701. The van der Waals surface area contributed by atoms with Gasteiger partial charge < -0.3 is 5.32 Å². The molecule has 0 aliphatic carbocycles. The Kier molecular flexibility index (Phi) is 4.16. The number of rotatable bonds is 5. The molecular weight excluding hydrogens is 212 g/mol. The van der Waals surface area contributed by atoms with Gasteiger partial charge in [0.15, 0.2) is 5.82 Å². The quantitative estimate of drug-likeness (QED) is 0.791. The molecule has 17 heavy (non-hydrogen) atoms. The summed E-state index contributed by atoms with van der Waals surface area (Å²) in [7, 11) is 1.96. The van der Waals surface area contributed by atoms with Gasteiger partial charge in [-0.2, -0.15) is 0 Å². The lowest BCUT2D eigenvalue weighted by molar-refractivity contribution is 0.714. The number of aryl methyl sites for hydroxylation is 1. The molecule has 0 saturated carbocycles. The Balaban J connectivity index is 2.12. The van der Waals surface area contributed by atoms with Crippen LogP contribution in [0.2, 0.25) is 0 Å². The molecule has 0 unspecified atom stereocenters. The molecule has 0 atom stereocenters. The number of hydrogen-bond acceptors (Lipinski definition) is 4. The molecule has 4 nitrogen and oxygen atoms in total. The molecule has 0 radical (unpaired) electrons. The van der Waals surface area contributed by atoms with Crippen molar-refractivity contribution in [3.63, 3.8) is 0 Å². The van der Waals surface area contributed by atoms with E-state index in [1.165, 1.54) is 0 Å². The van der Waals surface area contributed by atoms with Gasteiger partial charge in [-0.05, 0) is 44.6 Å². The highest BCUT2D eigenvalue weighted by Crippen LogP contribution is 2.11. The molecule has 2 rings (SSSR count). The average Bonchev–Trinajstić information content (AvgIpc) is 2.41. The summed E-state index contributed by atoms with van der Waals surface area (Å²) in [5.41, 5.74) is 1.89. The summed E-state index contributed by atoms with van der Waals surface area (Å²) in [4.78, 5) is 13.0. The topological polar surface area (TPSA) is 50.7 Å². The second kappa shape index (κ2) is 6.06. The maximum Gasteiger partial charge on any atom is 0.178 e. The van der Waals surface area contributed by atoms with Crippen LogP contribution in [0.4, 0.5) is 0 Å². The predicted molar refractivity (Wildman–Crippen MR) is 67.5 cm³/mol. The van der Waals surface area contributed by atoms with Crippen molar-refractivity contribution in [2.45, 2.75) is 12.8 Å². The summed E-state index contributed by atoms with van der Waals surface area (Å²) in [6.45, 7) is 1.00. The van der Waals surface area contributed by atoms with E-state index in [4.69, 9.17) is 0 Å². The van der Waals surface area contributed by atoms with Crippen molar-refractivity contribution in [2.24, 2.45) is 0 Å². The van der Waals surface area contributed by atoms with E-state index in [0.717, 1.165) is 30.8 Å². The lowest BCUT2D eigenvalue weighted by atomic mass is 10.2. The maximum absolute atomic E-state index is 4.51. The van der Waals surface area contributed by atoms with Crippen LogP contribution in [0, 0.1) is 0 Å². The van der Waals surface area contributed by atoms with E-state index in [-0.39, 0.29) is 0 Å². The third-order valence-electron chi connectivity index (χ3n) is 2.47. The van der Waals surface area contributed by atoms with Crippen LogP contribution >= 0.6 is 0 Å². The number of hydrogen-bond donors (Lipinski definition) is 1. The van der Waals surface area contributed by atoms with E-state index in [9.17, 15) is 0 Å². The van der Waals surface area contributed by atoms with Gasteiger partial charge in [-0.1, -0.05) is 6.07 Å². The smallest absolute Gasteiger partial charge is 0.178 e. The first kappa shape index (κ1) is 11.7. The molecule has 0 saturated heterocycles. The van der Waals surface area contributed by atoms with Gasteiger partial charge in [0.1, 0.15) is 5.69 Å². The van der Waals surface area contributed by atoms with Gasteiger partial charge in [-0.3, -0.25) is 4.98 Å². The van der Waals surface area contributed by atoms with E-state index in [1.54, 1.807) is 12.4 Å². The van der Waals surface area contributed by atoms with Crippen LogP contribution in [0.25, 0.3) is 11.5 Å². The fourth-order valence-corrected chi connectivity index (χ4v) is 1.60. The fourth-order valence-electron chi connectivity index (χ4n) is 1.60. The molecule has 0 bridgehead atoms. The first-order chi connectivity index (χ1) is 8.40. The van der Waals surface area contributed by atoms with Crippen molar-refractivity contribution in [3.8, 4) is 11.5 Å². The summed E-state index contributed by atoms with van der Waals surface area (Å²) < 4.78 is 0. The Bertz CT molecular complexity index is 456. The van der Waals surface area contributed by atoms with E-state index in [1.807, 2.05) is 31.3 Å². The van der Waals surface area contributed by atoms with Crippen LogP contribution in [0.1, 0.15) is 12.1 Å². The van der Waals surface area contributed by atoms with Crippen LogP contribution in [0.15, 0.2) is 36.7 Å². The molecule has 0 aromatic carbocycles. The van der Waals surface area contributed by atoms with E-state index < -0.39 is 0 Å². The van der Waals surface area contributed by atoms with Crippen molar-refractivity contribution in [1.29, 1.82) is 0 Å². The predicted octanol–water partition coefficient (Wildman–Crippen LogP) is 1.69. The molecule has 2 aromatic heterocycles. The van der Waals surface area contributed by atoms with Crippen LogP contribution in [0.5, 0.6) is 0 Å². The van der Waals surface area contributed by atoms with Crippen LogP contribution in [0.3, 0.4) is 0 Å². The number of nitrogens with one attached hydrogen (secondary N) is 1. The highest BCUT2D eigenvalue weighted by Gasteiger charge is 2.02. The Hall–Kier alpha value is -1.81. The van der Waals surface area contributed by atoms with Crippen molar-refractivity contribution in [3.05, 3.63) is 42.4 Å². The van der Waals surface area contributed by atoms with Crippen LogP contribution < -0.4 is 5.32 Å². The molecule has 0 aliphatic heterocycles. The Morgan fingerprint density at radius 1 is 1.12 bits per heavy atom. The molecule has 4 heteroatoms. The zero-order chi connectivity index (χ0) is 11.9. The second-order valence-corrected chi connectivity index (χ2v) is 3.79. The van der Waals surface area contributed by atoms with Gasteiger partial charge in [-0.25, -0.2) is 9.97 Å². The summed E-state index contributed by atoms with van der Waals surface area (Å²) in [5, 5.41) is 3.13. The van der Waals surface area contributed by atoms with Gasteiger partial charge in [0.05, 0.1) is 0 Å². The zero-order valence-electron chi connectivity index (χ0n) is 9.93. The highest BCUT2D eigenvalue weighted by atomic mass is 14.9. The molecule has 0 amide bonds. The minimum Gasteiger partial charge on any atom is -0.320 e. The number of nitrogens with zero attached hydrogens (tertiary/aromatic N) is 3. The summed E-state index contributed by atoms with van der Waals surface area (Å²) in [6, 6.07) is 7.72. The van der Waals surface area contributed by atoms with Gasteiger partial charge >= 0.3 is 0 Å². The molecule has 0 fully saturated rings. The van der Waals surface area contributed by atoms with Crippen molar-refractivity contribution in [1.82, 2.24) is 20.3 Å². The van der Waals surface area contributed by atoms with E-state index >= 15 is 0 Å². The van der Waals surface area contributed by atoms with E-state index in [0.29, 0.717) is 5.82 Å². The highest BCUT2D eigenvalue weighted by molar-refractivity contribution is 5.47. The van der Waals surface area contributed by atoms with Crippen molar-refractivity contribution < 1.29 is 0 Å². The first-order valence-electron chi connectivity index (χ1n) is 5.78. The molecular formula is C13H16N4. The Morgan fingerprint density at radius 3 is 2.82 bits per heavy atom. The lowest BCUT2D eigenvalue weighted by Crippen LogP contribution is -2.09. The number of pyridine rings is 1. The van der Waals surface area contributed by atoms with Gasteiger partial charge in [-0.15, -0.1) is 0 Å². The average molecular weight is 228 g/mol.